The van der Waals surface area contributed by atoms with Crippen molar-refractivity contribution in [3.8, 4) is 0 Å². The molecule has 0 radical (unpaired) electrons. The minimum atomic E-state index is -0.425. The molecule has 1 saturated heterocycles. The maximum atomic E-state index is 12.1. The molecule has 0 spiro atoms. The highest BCUT2D eigenvalue weighted by atomic mass is 16.3. The van der Waals surface area contributed by atoms with Crippen LogP contribution in [-0.4, -0.2) is 45.5 Å². The van der Waals surface area contributed by atoms with Crippen molar-refractivity contribution < 1.29 is 14.7 Å². The van der Waals surface area contributed by atoms with Gasteiger partial charge >= 0.3 is 0 Å². The van der Waals surface area contributed by atoms with E-state index in [0.717, 1.165) is 0 Å². The predicted molar refractivity (Wildman–Crippen MR) is 61.9 cm³/mol. The average molecular weight is 236 g/mol. The number of Topliss-reactive ketones (excluding diaryl/α,β-unsaturated/α-hetero) is 1. The SMILES string of the molecule is CC(=O)c1cc(C(=O)N2CCC(O)C2)n(C)c1. The van der Waals surface area contributed by atoms with Crippen LogP contribution in [0.4, 0.5) is 0 Å². The molecular formula is C12H16N2O3. The van der Waals surface area contributed by atoms with E-state index < -0.39 is 6.10 Å². The molecule has 1 unspecified atom stereocenters. The zero-order valence-electron chi connectivity index (χ0n) is 10.0. The van der Waals surface area contributed by atoms with Crippen molar-refractivity contribution in [1.29, 1.82) is 0 Å². The van der Waals surface area contributed by atoms with E-state index in [0.29, 0.717) is 30.8 Å². The Morgan fingerprint density at radius 1 is 1.47 bits per heavy atom. The van der Waals surface area contributed by atoms with Crippen molar-refractivity contribution in [2.45, 2.75) is 19.4 Å². The number of aryl methyl sites for hydroxylation is 1. The number of ketones is 1. The number of aliphatic hydroxyl groups excluding tert-OH is 1. The summed E-state index contributed by atoms with van der Waals surface area (Å²) in [7, 11) is 1.74. The van der Waals surface area contributed by atoms with Gasteiger partial charge in [0.25, 0.3) is 5.91 Å². The molecule has 2 rings (SSSR count). The van der Waals surface area contributed by atoms with Gasteiger partial charge in [-0.1, -0.05) is 0 Å². The molecule has 0 bridgehead atoms. The number of β-amino-alcohol motifs (C(OH)–C–C–N with tert-alkyl or cyclic N) is 1. The number of carbonyl (C=O) groups is 2. The van der Waals surface area contributed by atoms with Gasteiger partial charge in [-0.3, -0.25) is 9.59 Å². The first-order chi connectivity index (χ1) is 7.99. The van der Waals surface area contributed by atoms with Gasteiger partial charge in [0, 0.05) is 31.9 Å². The van der Waals surface area contributed by atoms with Crippen LogP contribution in [0.2, 0.25) is 0 Å². The standard InChI is InChI=1S/C12H16N2O3/c1-8(15)9-5-11(13(2)6-9)12(17)14-4-3-10(16)7-14/h5-6,10,16H,3-4,7H2,1-2H3. The molecule has 1 amide bonds. The molecule has 5 nitrogen and oxygen atoms in total. The molecule has 1 aliphatic rings. The lowest BCUT2D eigenvalue weighted by Crippen LogP contribution is -2.30. The van der Waals surface area contributed by atoms with Gasteiger partial charge in [0.05, 0.1) is 6.10 Å². The number of amides is 1. The Kier molecular flexibility index (Phi) is 3.02. The van der Waals surface area contributed by atoms with E-state index in [1.54, 1.807) is 28.8 Å². The summed E-state index contributed by atoms with van der Waals surface area (Å²) >= 11 is 0. The zero-order chi connectivity index (χ0) is 12.6. The maximum absolute atomic E-state index is 12.1. The summed E-state index contributed by atoms with van der Waals surface area (Å²) in [6, 6.07) is 1.61. The Morgan fingerprint density at radius 2 is 2.18 bits per heavy atom. The Hall–Kier alpha value is -1.62. The summed E-state index contributed by atoms with van der Waals surface area (Å²) < 4.78 is 1.66. The highest BCUT2D eigenvalue weighted by molar-refractivity contribution is 5.99. The van der Waals surface area contributed by atoms with E-state index >= 15 is 0 Å². The van der Waals surface area contributed by atoms with Crippen LogP contribution in [0.5, 0.6) is 0 Å². The molecule has 0 aliphatic carbocycles. The third-order valence-corrected chi connectivity index (χ3v) is 3.08. The van der Waals surface area contributed by atoms with Gasteiger partial charge in [0.1, 0.15) is 5.69 Å². The maximum Gasteiger partial charge on any atom is 0.270 e. The molecule has 2 heterocycles. The number of nitrogens with zero attached hydrogens (tertiary/aromatic N) is 2. The predicted octanol–water partition coefficient (Wildman–Crippen LogP) is 0.434. The van der Waals surface area contributed by atoms with E-state index in [2.05, 4.69) is 0 Å². The van der Waals surface area contributed by atoms with E-state index in [9.17, 15) is 14.7 Å². The smallest absolute Gasteiger partial charge is 0.270 e. The van der Waals surface area contributed by atoms with E-state index in [4.69, 9.17) is 0 Å². The highest BCUT2D eigenvalue weighted by Crippen LogP contribution is 2.15. The number of hydrogen-bond donors (Lipinski definition) is 1. The number of aliphatic hydroxyl groups is 1. The second-order valence-electron chi connectivity index (χ2n) is 4.47. The van der Waals surface area contributed by atoms with Crippen LogP contribution in [0.3, 0.4) is 0 Å². The van der Waals surface area contributed by atoms with E-state index in [1.165, 1.54) is 6.92 Å². The molecule has 1 aliphatic heterocycles. The Bertz CT molecular complexity index is 464. The lowest BCUT2D eigenvalue weighted by atomic mass is 10.2. The zero-order valence-corrected chi connectivity index (χ0v) is 10.0. The minimum Gasteiger partial charge on any atom is -0.391 e. The first-order valence-corrected chi connectivity index (χ1v) is 5.63. The van der Waals surface area contributed by atoms with Crippen LogP contribution in [0.15, 0.2) is 12.3 Å². The number of rotatable bonds is 2. The topological polar surface area (TPSA) is 62.5 Å². The number of carbonyl (C=O) groups excluding carboxylic acids is 2. The average Bonchev–Trinajstić information content (AvgIpc) is 2.84. The van der Waals surface area contributed by atoms with Crippen molar-refractivity contribution >= 4 is 11.7 Å². The summed E-state index contributed by atoms with van der Waals surface area (Å²) in [6.45, 7) is 2.42. The van der Waals surface area contributed by atoms with Crippen LogP contribution < -0.4 is 0 Å². The van der Waals surface area contributed by atoms with Crippen LogP contribution in [0, 0.1) is 0 Å². The first-order valence-electron chi connectivity index (χ1n) is 5.63. The van der Waals surface area contributed by atoms with Gasteiger partial charge in [0.15, 0.2) is 5.78 Å². The fourth-order valence-corrected chi connectivity index (χ4v) is 2.06. The molecule has 1 aromatic rings. The van der Waals surface area contributed by atoms with Gasteiger partial charge in [-0.05, 0) is 19.4 Å². The molecule has 1 N–H and O–H groups in total. The summed E-state index contributed by atoms with van der Waals surface area (Å²) in [6.07, 6.45) is 1.85. The van der Waals surface area contributed by atoms with Gasteiger partial charge in [0.2, 0.25) is 0 Å². The number of aromatic nitrogens is 1. The van der Waals surface area contributed by atoms with Crippen molar-refractivity contribution in [2.75, 3.05) is 13.1 Å². The second-order valence-corrected chi connectivity index (χ2v) is 4.47. The summed E-state index contributed by atoms with van der Waals surface area (Å²) in [5.74, 6) is -0.183. The van der Waals surface area contributed by atoms with Crippen LogP contribution in [-0.2, 0) is 7.05 Å². The Morgan fingerprint density at radius 3 is 2.65 bits per heavy atom. The molecule has 5 heteroatoms. The first kappa shape index (κ1) is 11.9. The lowest BCUT2D eigenvalue weighted by Gasteiger charge is -2.15. The molecule has 92 valence electrons. The molecule has 0 aromatic carbocycles. The minimum absolute atomic E-state index is 0.0545. The highest BCUT2D eigenvalue weighted by Gasteiger charge is 2.27. The van der Waals surface area contributed by atoms with Crippen molar-refractivity contribution in [1.82, 2.24) is 9.47 Å². The third-order valence-electron chi connectivity index (χ3n) is 3.08. The van der Waals surface area contributed by atoms with Crippen molar-refractivity contribution in [2.24, 2.45) is 7.05 Å². The summed E-state index contributed by atoms with van der Waals surface area (Å²) in [5, 5.41) is 9.40. The van der Waals surface area contributed by atoms with E-state index in [-0.39, 0.29) is 11.7 Å². The summed E-state index contributed by atoms with van der Waals surface area (Å²) in [5.41, 5.74) is 1.03. The second kappa shape index (κ2) is 4.33. The van der Waals surface area contributed by atoms with Gasteiger partial charge in [-0.15, -0.1) is 0 Å². The Labute approximate surface area is 99.6 Å². The van der Waals surface area contributed by atoms with Crippen LogP contribution in [0.1, 0.15) is 34.2 Å². The molecule has 1 aromatic heterocycles. The Balaban J connectivity index is 2.22. The monoisotopic (exact) mass is 236 g/mol. The van der Waals surface area contributed by atoms with Crippen LogP contribution in [0.25, 0.3) is 0 Å². The van der Waals surface area contributed by atoms with Crippen molar-refractivity contribution in [3.05, 3.63) is 23.5 Å². The molecule has 17 heavy (non-hydrogen) atoms. The largest absolute Gasteiger partial charge is 0.391 e. The number of hydrogen-bond acceptors (Lipinski definition) is 3. The number of likely N-dealkylation sites (tertiary alicyclic amines) is 1. The molecule has 1 atom stereocenters. The lowest BCUT2D eigenvalue weighted by molar-refractivity contribution is 0.0755. The fourth-order valence-electron chi connectivity index (χ4n) is 2.06. The van der Waals surface area contributed by atoms with Gasteiger partial charge in [-0.25, -0.2) is 0 Å². The van der Waals surface area contributed by atoms with Gasteiger partial charge in [-0.2, -0.15) is 0 Å². The van der Waals surface area contributed by atoms with Gasteiger partial charge < -0.3 is 14.6 Å². The van der Waals surface area contributed by atoms with Crippen LogP contribution >= 0.6 is 0 Å². The van der Waals surface area contributed by atoms with E-state index in [1.807, 2.05) is 0 Å². The molecular weight excluding hydrogens is 220 g/mol. The molecule has 0 saturated carbocycles. The summed E-state index contributed by atoms with van der Waals surface area (Å²) in [4.78, 5) is 25.0. The third kappa shape index (κ3) is 2.24. The normalized spacial score (nSPS) is 19.7. The fraction of sp³-hybridized carbons (Fsp3) is 0.500. The quantitative estimate of drug-likeness (QED) is 0.758. The van der Waals surface area contributed by atoms with Crippen molar-refractivity contribution in [3.63, 3.8) is 0 Å². The molecule has 1 fully saturated rings.